The molecule has 1 heterocycles. The fourth-order valence-electron chi connectivity index (χ4n) is 3.03. The van der Waals surface area contributed by atoms with E-state index in [1.165, 1.54) is 12.1 Å². The summed E-state index contributed by atoms with van der Waals surface area (Å²) in [6.45, 7) is 2.62. The second-order valence-corrected chi connectivity index (χ2v) is 7.25. The number of hydrogen-bond donors (Lipinski definition) is 4. The second-order valence-electron chi connectivity index (χ2n) is 7.25. The molecule has 29 heavy (non-hydrogen) atoms. The molecular formula is C21H27Cl2FN4O. The summed E-state index contributed by atoms with van der Waals surface area (Å²) in [7, 11) is 0. The quantitative estimate of drug-likeness (QED) is 0.293. The summed E-state index contributed by atoms with van der Waals surface area (Å²) in [5.74, 6) is -0.391. The Kier molecular flexibility index (Phi) is 9.59. The van der Waals surface area contributed by atoms with E-state index in [0.717, 1.165) is 34.9 Å². The molecule has 0 saturated carbocycles. The summed E-state index contributed by atoms with van der Waals surface area (Å²) in [6.07, 6.45) is 1.95. The van der Waals surface area contributed by atoms with Gasteiger partial charge in [0.15, 0.2) is 0 Å². The van der Waals surface area contributed by atoms with Gasteiger partial charge in [-0.15, -0.1) is 0 Å². The zero-order valence-electron chi connectivity index (χ0n) is 16.4. The highest BCUT2D eigenvalue weighted by molar-refractivity contribution is 5.98. The summed E-state index contributed by atoms with van der Waals surface area (Å²) in [6, 6.07) is 14.7. The SMILES string of the molecule is CC([NH3+])CC[C@H]([NH3+])CNC(=O)c1cc2ccc(-c3ccc(F)cc3)cc2[nH]1.[Cl-].[Cl-]. The summed E-state index contributed by atoms with van der Waals surface area (Å²) in [4.78, 5) is 15.6. The van der Waals surface area contributed by atoms with E-state index in [2.05, 4.69) is 28.7 Å². The molecule has 2 atom stereocenters. The monoisotopic (exact) mass is 440 g/mol. The molecule has 8 heteroatoms. The van der Waals surface area contributed by atoms with Crippen LogP contribution < -0.4 is 41.6 Å². The number of H-pyrrole nitrogens is 1. The zero-order valence-corrected chi connectivity index (χ0v) is 17.9. The number of hydrogen-bond acceptors (Lipinski definition) is 1. The molecule has 1 aromatic heterocycles. The molecule has 1 unspecified atom stereocenters. The maximum Gasteiger partial charge on any atom is 0.267 e. The molecule has 8 N–H and O–H groups in total. The van der Waals surface area contributed by atoms with Crippen LogP contribution in [-0.2, 0) is 0 Å². The number of fused-ring (bicyclic) bond motifs is 1. The van der Waals surface area contributed by atoms with E-state index in [9.17, 15) is 9.18 Å². The highest BCUT2D eigenvalue weighted by Crippen LogP contribution is 2.25. The van der Waals surface area contributed by atoms with Gasteiger partial charge in [0.1, 0.15) is 17.6 Å². The van der Waals surface area contributed by atoms with Gasteiger partial charge in [-0.1, -0.05) is 24.3 Å². The normalized spacial score (nSPS) is 12.6. The first kappa shape index (κ1) is 24.9. The van der Waals surface area contributed by atoms with E-state index < -0.39 is 0 Å². The third-order valence-corrected chi connectivity index (χ3v) is 4.66. The Labute approximate surface area is 182 Å². The summed E-state index contributed by atoms with van der Waals surface area (Å²) >= 11 is 0. The number of quaternary nitrogens is 2. The number of aromatic nitrogens is 1. The molecule has 158 valence electrons. The first-order chi connectivity index (χ1) is 12.9. The average Bonchev–Trinajstić information content (AvgIpc) is 3.08. The predicted octanol–water partition coefficient (Wildman–Crippen LogP) is -4.27. The molecule has 3 aromatic rings. The molecule has 0 radical (unpaired) electrons. The Morgan fingerprint density at radius 3 is 2.34 bits per heavy atom. The molecule has 0 aliphatic heterocycles. The fraction of sp³-hybridized carbons (Fsp3) is 0.286. The van der Waals surface area contributed by atoms with Crippen LogP contribution >= 0.6 is 0 Å². The number of carbonyl (C=O) groups excluding carboxylic acids is 1. The van der Waals surface area contributed by atoms with Crippen LogP contribution in [0.2, 0.25) is 0 Å². The molecule has 1 amide bonds. The molecule has 0 aliphatic carbocycles. The Hall–Kier alpha value is -2.12. The highest BCUT2D eigenvalue weighted by Gasteiger charge is 2.14. The standard InChI is InChI=1S/C21H25FN4O.2ClH/c1-13(23)2-9-18(24)12-25-21(27)20-11-16-4-3-15(10-19(16)26-20)14-5-7-17(22)8-6-14;;/h3-8,10-11,13,18,26H,2,9,12,23-24H2,1H3,(H,25,27);2*1H/t13?,18-;;/m0../s1. The Balaban J connectivity index is 0.00000210. The van der Waals surface area contributed by atoms with Crippen LogP contribution in [0.1, 0.15) is 30.3 Å². The van der Waals surface area contributed by atoms with Crippen LogP contribution in [0.5, 0.6) is 0 Å². The van der Waals surface area contributed by atoms with Gasteiger partial charge in [-0.2, -0.15) is 0 Å². The largest absolute Gasteiger partial charge is 1.00 e. The number of amides is 1. The van der Waals surface area contributed by atoms with Crippen molar-refractivity contribution in [1.29, 1.82) is 0 Å². The van der Waals surface area contributed by atoms with Crippen molar-refractivity contribution in [2.24, 2.45) is 0 Å². The van der Waals surface area contributed by atoms with Gasteiger partial charge in [-0.3, -0.25) is 4.79 Å². The van der Waals surface area contributed by atoms with Gasteiger partial charge in [0.05, 0.1) is 12.6 Å². The van der Waals surface area contributed by atoms with Gasteiger partial charge in [0, 0.05) is 23.7 Å². The molecule has 2 aromatic carbocycles. The summed E-state index contributed by atoms with van der Waals surface area (Å²) in [5.41, 5.74) is 11.4. The third kappa shape index (κ3) is 6.72. The van der Waals surface area contributed by atoms with Crippen molar-refractivity contribution in [2.45, 2.75) is 31.8 Å². The lowest BCUT2D eigenvalue weighted by atomic mass is 10.0. The van der Waals surface area contributed by atoms with Gasteiger partial charge in [-0.25, -0.2) is 4.39 Å². The first-order valence-corrected chi connectivity index (χ1v) is 9.25. The number of carbonyl (C=O) groups is 1. The number of nitrogens with one attached hydrogen (secondary N) is 2. The molecule has 0 fully saturated rings. The lowest BCUT2D eigenvalue weighted by molar-refractivity contribution is -0.435. The maximum absolute atomic E-state index is 13.1. The second kappa shape index (κ2) is 11.2. The van der Waals surface area contributed by atoms with Crippen LogP contribution in [0.25, 0.3) is 22.0 Å². The molecular weight excluding hydrogens is 414 g/mol. The van der Waals surface area contributed by atoms with Crippen LogP contribution in [-0.4, -0.2) is 29.5 Å². The van der Waals surface area contributed by atoms with E-state index in [4.69, 9.17) is 0 Å². The minimum Gasteiger partial charge on any atom is -1.00 e. The van der Waals surface area contributed by atoms with Crippen LogP contribution in [0, 0.1) is 5.82 Å². The smallest absolute Gasteiger partial charge is 0.267 e. The van der Waals surface area contributed by atoms with Crippen molar-refractivity contribution in [3.05, 3.63) is 60.0 Å². The molecule has 3 rings (SSSR count). The van der Waals surface area contributed by atoms with Crippen molar-refractivity contribution in [1.82, 2.24) is 10.3 Å². The number of rotatable bonds is 7. The van der Waals surface area contributed by atoms with E-state index in [-0.39, 0.29) is 42.6 Å². The molecule has 0 saturated heterocycles. The Morgan fingerprint density at radius 2 is 1.69 bits per heavy atom. The Morgan fingerprint density at radius 1 is 1.03 bits per heavy atom. The van der Waals surface area contributed by atoms with Gasteiger partial charge < -0.3 is 46.6 Å². The predicted molar refractivity (Wildman–Crippen MR) is 104 cm³/mol. The molecule has 0 aliphatic rings. The third-order valence-electron chi connectivity index (χ3n) is 4.66. The lowest BCUT2D eigenvalue weighted by Crippen LogP contribution is -3.00. The van der Waals surface area contributed by atoms with E-state index in [1.807, 2.05) is 24.3 Å². The Bertz CT molecular complexity index is 928. The van der Waals surface area contributed by atoms with Crippen molar-refractivity contribution < 1.29 is 45.5 Å². The van der Waals surface area contributed by atoms with E-state index >= 15 is 0 Å². The van der Waals surface area contributed by atoms with E-state index in [1.54, 1.807) is 12.1 Å². The summed E-state index contributed by atoms with van der Waals surface area (Å²) in [5, 5.41) is 3.90. The van der Waals surface area contributed by atoms with Gasteiger partial charge in [0.25, 0.3) is 5.91 Å². The number of benzene rings is 2. The van der Waals surface area contributed by atoms with E-state index in [0.29, 0.717) is 18.3 Å². The van der Waals surface area contributed by atoms with Crippen molar-refractivity contribution in [2.75, 3.05) is 6.54 Å². The van der Waals surface area contributed by atoms with Gasteiger partial charge >= 0.3 is 0 Å². The van der Waals surface area contributed by atoms with Crippen LogP contribution in [0.15, 0.2) is 48.5 Å². The van der Waals surface area contributed by atoms with Crippen LogP contribution in [0.3, 0.4) is 0 Å². The topological polar surface area (TPSA) is 100 Å². The maximum atomic E-state index is 13.1. The highest BCUT2D eigenvalue weighted by atomic mass is 35.5. The molecule has 0 bridgehead atoms. The van der Waals surface area contributed by atoms with Gasteiger partial charge in [-0.05, 0) is 42.3 Å². The zero-order chi connectivity index (χ0) is 19.4. The lowest BCUT2D eigenvalue weighted by Gasteiger charge is -2.10. The minimum absolute atomic E-state index is 0. The minimum atomic E-state index is -0.257. The number of aromatic amines is 1. The average molecular weight is 441 g/mol. The van der Waals surface area contributed by atoms with Crippen molar-refractivity contribution in [3.63, 3.8) is 0 Å². The first-order valence-electron chi connectivity index (χ1n) is 9.25. The number of halogens is 3. The molecule has 0 spiro atoms. The van der Waals surface area contributed by atoms with Crippen molar-refractivity contribution in [3.8, 4) is 11.1 Å². The fourth-order valence-corrected chi connectivity index (χ4v) is 3.03. The summed E-state index contributed by atoms with van der Waals surface area (Å²) < 4.78 is 13.1. The van der Waals surface area contributed by atoms with Gasteiger partial charge in [0.2, 0.25) is 0 Å². The molecule has 5 nitrogen and oxygen atoms in total. The van der Waals surface area contributed by atoms with Crippen LogP contribution in [0.4, 0.5) is 4.39 Å². The van der Waals surface area contributed by atoms with Crippen molar-refractivity contribution >= 4 is 16.8 Å².